The number of rotatable bonds is 3. The Balaban J connectivity index is 1.99. The monoisotopic (exact) mass is 274 g/mol. The molecule has 20 heavy (non-hydrogen) atoms. The molecule has 0 aromatic heterocycles. The van der Waals surface area contributed by atoms with Gasteiger partial charge in [-0.05, 0) is 69.8 Å². The highest BCUT2D eigenvalue weighted by atomic mass is 16.2. The Morgan fingerprint density at radius 3 is 2.60 bits per heavy atom. The van der Waals surface area contributed by atoms with Crippen LogP contribution in [0.2, 0.25) is 0 Å². The van der Waals surface area contributed by atoms with Crippen LogP contribution in [0.1, 0.15) is 37.8 Å². The predicted octanol–water partition coefficient (Wildman–Crippen LogP) is 3.36. The van der Waals surface area contributed by atoms with Gasteiger partial charge in [0.15, 0.2) is 0 Å². The Kier molecular flexibility index (Phi) is 4.81. The predicted molar refractivity (Wildman–Crippen MR) is 84.0 cm³/mol. The molecule has 1 aromatic rings. The molecule has 1 N–H and O–H groups in total. The molecule has 0 unspecified atom stereocenters. The molecule has 3 nitrogen and oxygen atoms in total. The first kappa shape index (κ1) is 15.0. The molecule has 1 aliphatic rings. The summed E-state index contributed by atoms with van der Waals surface area (Å²) in [6.45, 7) is 10.4. The van der Waals surface area contributed by atoms with E-state index >= 15 is 0 Å². The van der Waals surface area contributed by atoms with E-state index in [0.717, 1.165) is 30.3 Å². The summed E-state index contributed by atoms with van der Waals surface area (Å²) in [6.07, 6.45) is 2.39. The van der Waals surface area contributed by atoms with Gasteiger partial charge in [0.25, 0.3) is 0 Å². The van der Waals surface area contributed by atoms with Crippen molar-refractivity contribution < 1.29 is 4.79 Å². The van der Waals surface area contributed by atoms with Gasteiger partial charge in [0.2, 0.25) is 5.91 Å². The van der Waals surface area contributed by atoms with Crippen molar-refractivity contribution in [3.8, 4) is 0 Å². The van der Waals surface area contributed by atoms with Crippen molar-refractivity contribution in [3.05, 3.63) is 29.3 Å². The SMILES string of the molecule is Cc1ccc(C)c(NC(=O)[C@@H](C)N2CCC(C)CC2)c1. The van der Waals surface area contributed by atoms with Gasteiger partial charge in [-0.3, -0.25) is 9.69 Å². The Hall–Kier alpha value is -1.35. The second-order valence-corrected chi connectivity index (χ2v) is 6.20. The van der Waals surface area contributed by atoms with E-state index in [0.29, 0.717) is 0 Å². The summed E-state index contributed by atoms with van der Waals surface area (Å²) in [5.74, 6) is 0.897. The highest BCUT2D eigenvalue weighted by molar-refractivity contribution is 5.95. The van der Waals surface area contributed by atoms with Crippen molar-refractivity contribution in [2.45, 2.75) is 46.6 Å². The molecule has 2 rings (SSSR count). The number of carbonyl (C=O) groups excluding carboxylic acids is 1. The van der Waals surface area contributed by atoms with Crippen LogP contribution in [-0.2, 0) is 4.79 Å². The lowest BCUT2D eigenvalue weighted by Crippen LogP contribution is -2.45. The van der Waals surface area contributed by atoms with Gasteiger partial charge in [-0.15, -0.1) is 0 Å². The highest BCUT2D eigenvalue weighted by Crippen LogP contribution is 2.20. The van der Waals surface area contributed by atoms with Crippen molar-refractivity contribution in [2.75, 3.05) is 18.4 Å². The molecule has 1 aromatic carbocycles. The van der Waals surface area contributed by atoms with Crippen molar-refractivity contribution in [3.63, 3.8) is 0 Å². The van der Waals surface area contributed by atoms with Crippen LogP contribution in [0.25, 0.3) is 0 Å². The smallest absolute Gasteiger partial charge is 0.241 e. The van der Waals surface area contributed by atoms with Gasteiger partial charge in [0.1, 0.15) is 0 Å². The third-order valence-electron chi connectivity index (χ3n) is 4.40. The van der Waals surface area contributed by atoms with Gasteiger partial charge in [0.05, 0.1) is 6.04 Å². The fourth-order valence-electron chi connectivity index (χ4n) is 2.69. The number of nitrogens with zero attached hydrogens (tertiary/aromatic N) is 1. The lowest BCUT2D eigenvalue weighted by molar-refractivity contribution is -0.121. The van der Waals surface area contributed by atoms with Gasteiger partial charge in [-0.25, -0.2) is 0 Å². The first-order valence-electron chi connectivity index (χ1n) is 7.59. The number of hydrogen-bond acceptors (Lipinski definition) is 2. The normalized spacial score (nSPS) is 18.8. The van der Waals surface area contributed by atoms with E-state index in [4.69, 9.17) is 0 Å². The van der Waals surface area contributed by atoms with Crippen molar-refractivity contribution in [1.82, 2.24) is 4.90 Å². The number of hydrogen-bond donors (Lipinski definition) is 1. The second-order valence-electron chi connectivity index (χ2n) is 6.20. The van der Waals surface area contributed by atoms with Crippen LogP contribution in [0.15, 0.2) is 18.2 Å². The largest absolute Gasteiger partial charge is 0.324 e. The Bertz CT molecular complexity index is 476. The third-order valence-corrected chi connectivity index (χ3v) is 4.40. The molecule has 0 saturated carbocycles. The van der Waals surface area contributed by atoms with E-state index in [2.05, 4.69) is 29.3 Å². The van der Waals surface area contributed by atoms with Crippen LogP contribution >= 0.6 is 0 Å². The van der Waals surface area contributed by atoms with Crippen molar-refractivity contribution in [2.24, 2.45) is 5.92 Å². The summed E-state index contributed by atoms with van der Waals surface area (Å²) in [4.78, 5) is 14.7. The number of aryl methyl sites for hydroxylation is 2. The molecule has 0 bridgehead atoms. The maximum absolute atomic E-state index is 12.4. The van der Waals surface area contributed by atoms with Crippen LogP contribution in [0, 0.1) is 19.8 Å². The Morgan fingerprint density at radius 1 is 1.30 bits per heavy atom. The highest BCUT2D eigenvalue weighted by Gasteiger charge is 2.25. The first-order chi connectivity index (χ1) is 9.47. The maximum Gasteiger partial charge on any atom is 0.241 e. The van der Waals surface area contributed by atoms with Crippen LogP contribution in [0.3, 0.4) is 0 Å². The minimum Gasteiger partial charge on any atom is -0.324 e. The van der Waals surface area contributed by atoms with Crippen LogP contribution in [0.5, 0.6) is 0 Å². The van der Waals surface area contributed by atoms with E-state index in [-0.39, 0.29) is 11.9 Å². The molecule has 3 heteroatoms. The van der Waals surface area contributed by atoms with Gasteiger partial charge in [0, 0.05) is 5.69 Å². The number of carbonyl (C=O) groups is 1. The van der Waals surface area contributed by atoms with Crippen LogP contribution < -0.4 is 5.32 Å². The maximum atomic E-state index is 12.4. The van der Waals surface area contributed by atoms with Gasteiger partial charge in [-0.2, -0.15) is 0 Å². The number of amides is 1. The molecule has 1 fully saturated rings. The zero-order valence-corrected chi connectivity index (χ0v) is 13.1. The molecule has 1 atom stereocenters. The van der Waals surface area contributed by atoms with Crippen molar-refractivity contribution in [1.29, 1.82) is 0 Å². The Morgan fingerprint density at radius 2 is 1.95 bits per heavy atom. The zero-order chi connectivity index (χ0) is 14.7. The molecule has 1 saturated heterocycles. The van der Waals surface area contributed by atoms with E-state index < -0.39 is 0 Å². The minimum atomic E-state index is -0.0533. The molecular weight excluding hydrogens is 248 g/mol. The first-order valence-corrected chi connectivity index (χ1v) is 7.59. The molecule has 1 aliphatic heterocycles. The molecular formula is C17H26N2O. The summed E-state index contributed by atoms with van der Waals surface area (Å²) in [5, 5.41) is 3.08. The van der Waals surface area contributed by atoms with Gasteiger partial charge in [-0.1, -0.05) is 19.1 Å². The molecule has 1 heterocycles. The van der Waals surface area contributed by atoms with Gasteiger partial charge < -0.3 is 5.32 Å². The summed E-state index contributed by atoms with van der Waals surface area (Å²) < 4.78 is 0. The number of benzene rings is 1. The van der Waals surface area contributed by atoms with Crippen LogP contribution in [-0.4, -0.2) is 29.9 Å². The zero-order valence-electron chi connectivity index (χ0n) is 13.1. The number of likely N-dealkylation sites (tertiary alicyclic amines) is 1. The number of anilines is 1. The van der Waals surface area contributed by atoms with E-state index in [1.807, 2.05) is 26.8 Å². The van der Waals surface area contributed by atoms with E-state index in [1.54, 1.807) is 0 Å². The molecule has 110 valence electrons. The van der Waals surface area contributed by atoms with E-state index in [9.17, 15) is 4.79 Å². The lowest BCUT2D eigenvalue weighted by Gasteiger charge is -2.34. The summed E-state index contributed by atoms with van der Waals surface area (Å²) in [6, 6.07) is 6.11. The average Bonchev–Trinajstić information content (AvgIpc) is 2.43. The summed E-state index contributed by atoms with van der Waals surface area (Å²) in [5.41, 5.74) is 3.22. The second kappa shape index (κ2) is 6.40. The number of piperidine rings is 1. The number of nitrogens with one attached hydrogen (secondary N) is 1. The van der Waals surface area contributed by atoms with Gasteiger partial charge >= 0.3 is 0 Å². The van der Waals surface area contributed by atoms with Crippen LogP contribution in [0.4, 0.5) is 5.69 Å². The standard InChI is InChI=1S/C17H26N2O/c1-12-7-9-19(10-8-12)15(4)17(20)18-16-11-13(2)5-6-14(16)3/h5-6,11-12,15H,7-10H2,1-4H3,(H,18,20)/t15-/m1/s1. The lowest BCUT2D eigenvalue weighted by atomic mass is 9.98. The summed E-state index contributed by atoms with van der Waals surface area (Å²) in [7, 11) is 0. The summed E-state index contributed by atoms with van der Waals surface area (Å²) >= 11 is 0. The third kappa shape index (κ3) is 3.60. The molecule has 0 spiro atoms. The quantitative estimate of drug-likeness (QED) is 0.916. The topological polar surface area (TPSA) is 32.3 Å². The average molecular weight is 274 g/mol. The van der Waals surface area contributed by atoms with Crippen molar-refractivity contribution >= 4 is 11.6 Å². The molecule has 0 aliphatic carbocycles. The Labute approximate surface area is 122 Å². The fourth-order valence-corrected chi connectivity index (χ4v) is 2.69. The fraction of sp³-hybridized carbons (Fsp3) is 0.588. The van der Waals surface area contributed by atoms with E-state index in [1.165, 1.54) is 18.4 Å². The molecule has 0 radical (unpaired) electrons. The molecule has 1 amide bonds. The minimum absolute atomic E-state index is 0.0533.